The van der Waals surface area contributed by atoms with Crippen LogP contribution in [0, 0.1) is 11.3 Å². The van der Waals surface area contributed by atoms with Gasteiger partial charge in [0.15, 0.2) is 0 Å². The van der Waals surface area contributed by atoms with Crippen LogP contribution in [0.15, 0.2) is 69.6 Å². The number of nitriles is 1. The normalized spacial score (nSPS) is 11.7. The van der Waals surface area contributed by atoms with Crippen LogP contribution in [0.2, 0.25) is 0 Å². The standard InChI is InChI=1S/C23H24N4O2S2/c1-5-6-9-18(15-24)10-7-8-11-19-14-20(23-27(19)12-13-30-23)21(28)22(29)25-17(4)31-26-16(2)3/h6-10,12-14H,4-5,11H2,1-3H3,(H,25,29)/b8-7+,9-6-,18-10+. The van der Waals surface area contributed by atoms with Gasteiger partial charge in [-0.1, -0.05) is 31.7 Å². The Balaban J connectivity index is 2.15. The molecule has 0 fully saturated rings. The average molecular weight is 453 g/mol. The summed E-state index contributed by atoms with van der Waals surface area (Å²) in [4.78, 5) is 25.8. The summed E-state index contributed by atoms with van der Waals surface area (Å²) < 4.78 is 6.00. The van der Waals surface area contributed by atoms with Crippen LogP contribution < -0.4 is 5.32 Å². The molecule has 2 aromatic rings. The second-order valence-electron chi connectivity index (χ2n) is 6.64. The Hall–Kier alpha value is -3.15. The number of nitrogens with one attached hydrogen (secondary N) is 1. The van der Waals surface area contributed by atoms with Crippen molar-refractivity contribution in [1.82, 2.24) is 9.72 Å². The summed E-state index contributed by atoms with van der Waals surface area (Å²) >= 11 is 2.42. The fourth-order valence-corrected chi connectivity index (χ4v) is 3.84. The van der Waals surface area contributed by atoms with Crippen LogP contribution in [0.25, 0.3) is 4.83 Å². The van der Waals surface area contributed by atoms with E-state index in [1.54, 1.807) is 18.2 Å². The highest BCUT2D eigenvalue weighted by Gasteiger charge is 2.23. The fourth-order valence-electron chi connectivity index (χ4n) is 2.53. The Morgan fingerprint density at radius 1 is 1.39 bits per heavy atom. The average Bonchev–Trinajstić information content (AvgIpc) is 3.34. The summed E-state index contributed by atoms with van der Waals surface area (Å²) in [6.45, 7) is 9.38. The van der Waals surface area contributed by atoms with Crippen molar-refractivity contribution in [2.45, 2.75) is 33.6 Å². The molecular formula is C23H24N4O2S2. The molecule has 0 saturated carbocycles. The van der Waals surface area contributed by atoms with Gasteiger partial charge in [-0.2, -0.15) is 5.26 Å². The topological polar surface area (TPSA) is 86.7 Å². The molecule has 1 N–H and O–H groups in total. The SMILES string of the molecule is C=C(NC(=O)C(=O)c1cc(C/C=C/C=C(C#N)\C=C/CC)n2ccsc12)SN=C(C)C. The highest BCUT2D eigenvalue weighted by atomic mass is 32.2. The van der Waals surface area contributed by atoms with Crippen molar-refractivity contribution in [2.75, 3.05) is 0 Å². The third-order valence-corrected chi connectivity index (χ3v) is 5.58. The molecule has 8 heteroatoms. The third-order valence-electron chi connectivity index (χ3n) is 3.90. The molecule has 6 nitrogen and oxygen atoms in total. The van der Waals surface area contributed by atoms with Gasteiger partial charge < -0.3 is 9.72 Å². The molecule has 0 radical (unpaired) electrons. The molecule has 2 aromatic heterocycles. The van der Waals surface area contributed by atoms with Gasteiger partial charge in [-0.25, -0.2) is 4.40 Å². The number of allylic oxidation sites excluding steroid dienone is 6. The molecule has 0 atom stereocenters. The van der Waals surface area contributed by atoms with Gasteiger partial charge >= 0.3 is 0 Å². The van der Waals surface area contributed by atoms with E-state index in [9.17, 15) is 9.59 Å². The molecule has 0 aliphatic heterocycles. The molecule has 31 heavy (non-hydrogen) atoms. The molecule has 0 unspecified atom stereocenters. The monoisotopic (exact) mass is 452 g/mol. The number of carbonyl (C=O) groups is 2. The summed E-state index contributed by atoms with van der Waals surface area (Å²) in [6.07, 6.45) is 12.5. The zero-order valence-corrected chi connectivity index (χ0v) is 19.3. The molecule has 0 aliphatic rings. The number of carbonyl (C=O) groups excluding carboxylic acids is 2. The predicted octanol–water partition coefficient (Wildman–Crippen LogP) is 5.41. The molecule has 0 aliphatic carbocycles. The Labute approximate surface area is 190 Å². The van der Waals surface area contributed by atoms with Crippen molar-refractivity contribution in [1.29, 1.82) is 5.26 Å². The first-order valence-electron chi connectivity index (χ1n) is 9.61. The van der Waals surface area contributed by atoms with Crippen molar-refractivity contribution in [3.8, 4) is 6.07 Å². The third kappa shape index (κ3) is 6.95. The second kappa shape index (κ2) is 11.9. The maximum atomic E-state index is 12.7. The van der Waals surface area contributed by atoms with Crippen molar-refractivity contribution in [2.24, 2.45) is 4.40 Å². The number of hydrogen-bond acceptors (Lipinski definition) is 6. The van der Waals surface area contributed by atoms with E-state index in [2.05, 4.69) is 22.4 Å². The number of rotatable bonds is 10. The first-order valence-corrected chi connectivity index (χ1v) is 11.3. The zero-order chi connectivity index (χ0) is 22.8. The highest BCUT2D eigenvalue weighted by Crippen LogP contribution is 2.24. The lowest BCUT2D eigenvalue weighted by molar-refractivity contribution is -0.116. The van der Waals surface area contributed by atoms with E-state index >= 15 is 0 Å². The number of ketones is 1. The zero-order valence-electron chi connectivity index (χ0n) is 17.7. The molecule has 0 aromatic carbocycles. The number of nitrogens with zero attached hydrogens (tertiary/aromatic N) is 3. The van der Waals surface area contributed by atoms with Crippen LogP contribution in [0.5, 0.6) is 0 Å². The van der Waals surface area contributed by atoms with Gasteiger partial charge in [0.25, 0.3) is 11.7 Å². The van der Waals surface area contributed by atoms with Gasteiger partial charge in [0.05, 0.1) is 22.2 Å². The number of hydrogen-bond donors (Lipinski definition) is 1. The van der Waals surface area contributed by atoms with E-state index in [0.29, 0.717) is 27.4 Å². The summed E-state index contributed by atoms with van der Waals surface area (Å²) in [5.41, 5.74) is 2.62. The van der Waals surface area contributed by atoms with Gasteiger partial charge in [0.1, 0.15) is 4.83 Å². The molecule has 0 saturated heterocycles. The minimum Gasteiger partial charge on any atom is -0.313 e. The van der Waals surface area contributed by atoms with E-state index in [1.807, 2.05) is 55.0 Å². The lowest BCUT2D eigenvalue weighted by atomic mass is 10.1. The van der Waals surface area contributed by atoms with Gasteiger partial charge in [-0.15, -0.1) is 11.3 Å². The number of Topliss-reactive ketones (excluding diaryl/α,β-unsaturated/α-hetero) is 1. The van der Waals surface area contributed by atoms with Crippen LogP contribution in [0.3, 0.4) is 0 Å². The van der Waals surface area contributed by atoms with Crippen LogP contribution in [0.4, 0.5) is 0 Å². The molecule has 0 spiro atoms. The predicted molar refractivity (Wildman–Crippen MR) is 129 cm³/mol. The van der Waals surface area contributed by atoms with Gasteiger partial charge in [-0.05, 0) is 38.5 Å². The summed E-state index contributed by atoms with van der Waals surface area (Å²) in [7, 11) is 0. The Bertz CT molecular complexity index is 1140. The summed E-state index contributed by atoms with van der Waals surface area (Å²) in [5, 5.41) is 13.8. The van der Waals surface area contributed by atoms with Gasteiger partial charge in [0.2, 0.25) is 0 Å². The highest BCUT2D eigenvalue weighted by molar-refractivity contribution is 8.01. The first-order chi connectivity index (χ1) is 14.9. The van der Waals surface area contributed by atoms with E-state index in [4.69, 9.17) is 5.26 Å². The van der Waals surface area contributed by atoms with E-state index in [0.717, 1.165) is 29.8 Å². The van der Waals surface area contributed by atoms with Crippen molar-refractivity contribution in [3.05, 3.63) is 76.5 Å². The number of aromatic nitrogens is 1. The minimum atomic E-state index is -0.742. The van der Waals surface area contributed by atoms with Crippen molar-refractivity contribution >= 4 is 45.5 Å². The summed E-state index contributed by atoms with van der Waals surface area (Å²) in [6, 6.07) is 3.87. The molecule has 0 bridgehead atoms. The van der Waals surface area contributed by atoms with Gasteiger partial charge in [0, 0.05) is 41.4 Å². The molecule has 2 rings (SSSR count). The Morgan fingerprint density at radius 3 is 2.84 bits per heavy atom. The molecule has 160 valence electrons. The minimum absolute atomic E-state index is 0.293. The van der Waals surface area contributed by atoms with Crippen LogP contribution in [-0.2, 0) is 11.2 Å². The summed E-state index contributed by atoms with van der Waals surface area (Å²) in [5.74, 6) is -1.36. The number of fused-ring (bicyclic) bond motifs is 1. The number of thiazole rings is 1. The van der Waals surface area contributed by atoms with E-state index in [-0.39, 0.29) is 0 Å². The Morgan fingerprint density at radius 2 is 2.16 bits per heavy atom. The second-order valence-corrected chi connectivity index (χ2v) is 8.39. The quantitative estimate of drug-likeness (QED) is 0.130. The Kier molecular flexibility index (Phi) is 9.25. The molecular weight excluding hydrogens is 428 g/mol. The lowest BCUT2D eigenvalue weighted by Gasteiger charge is -2.03. The fraction of sp³-hybridized carbons (Fsp3) is 0.217. The van der Waals surface area contributed by atoms with Crippen molar-refractivity contribution in [3.63, 3.8) is 0 Å². The number of amides is 1. The lowest BCUT2D eigenvalue weighted by Crippen LogP contribution is -2.29. The largest absolute Gasteiger partial charge is 0.313 e. The maximum Gasteiger partial charge on any atom is 0.297 e. The maximum absolute atomic E-state index is 12.7. The van der Waals surface area contributed by atoms with Crippen LogP contribution >= 0.6 is 23.3 Å². The van der Waals surface area contributed by atoms with Crippen LogP contribution in [0.1, 0.15) is 43.2 Å². The molecule has 1 amide bonds. The smallest absolute Gasteiger partial charge is 0.297 e. The first kappa shape index (κ1) is 24.1. The van der Waals surface area contributed by atoms with Gasteiger partial charge in [-0.3, -0.25) is 9.59 Å². The van der Waals surface area contributed by atoms with Crippen molar-refractivity contribution < 1.29 is 9.59 Å². The van der Waals surface area contributed by atoms with E-state index in [1.165, 1.54) is 11.3 Å². The molecule has 2 heterocycles. The van der Waals surface area contributed by atoms with Crippen LogP contribution in [-0.4, -0.2) is 21.8 Å². The van der Waals surface area contributed by atoms with E-state index < -0.39 is 11.7 Å².